The Balaban J connectivity index is 0.000000296. The average Bonchev–Trinajstić information content (AvgIpc) is 2.71. The molecule has 3 N–H and O–H groups in total. The highest BCUT2D eigenvalue weighted by Gasteiger charge is 2.21. The van der Waals surface area contributed by atoms with Crippen LogP contribution >= 0.6 is 0 Å². The first-order chi connectivity index (χ1) is 13.7. The number of hydrogen-bond acceptors (Lipinski definition) is 5. The van der Waals surface area contributed by atoms with E-state index in [1.807, 2.05) is 13.8 Å². The Morgan fingerprint density at radius 1 is 0.759 bits per heavy atom. The maximum atomic E-state index is 11.1. The Bertz CT molecular complexity index is 930. The van der Waals surface area contributed by atoms with E-state index in [9.17, 15) is 19.2 Å². The van der Waals surface area contributed by atoms with E-state index in [1.54, 1.807) is 18.2 Å². The lowest BCUT2D eigenvalue weighted by atomic mass is 9.93. The topological polar surface area (TPSA) is 138 Å². The lowest BCUT2D eigenvalue weighted by Gasteiger charge is -2.12. The van der Waals surface area contributed by atoms with Gasteiger partial charge >= 0.3 is 23.9 Å². The summed E-state index contributed by atoms with van der Waals surface area (Å²) in [5.74, 6) is -4.15. The van der Waals surface area contributed by atoms with Crippen molar-refractivity contribution in [2.24, 2.45) is 0 Å². The number of aromatic carboxylic acids is 3. The van der Waals surface area contributed by atoms with Gasteiger partial charge in [-0.25, -0.2) is 19.2 Å². The van der Waals surface area contributed by atoms with Crippen LogP contribution in [0.15, 0.2) is 36.4 Å². The molecule has 0 atom stereocenters. The number of methoxy groups -OCH3 is 1. The summed E-state index contributed by atoms with van der Waals surface area (Å²) in [6.45, 7) is 3.74. The van der Waals surface area contributed by atoms with Gasteiger partial charge in [0, 0.05) is 0 Å². The van der Waals surface area contributed by atoms with Crippen LogP contribution in [0.1, 0.15) is 66.4 Å². The van der Waals surface area contributed by atoms with Gasteiger partial charge in [0.15, 0.2) is 0 Å². The molecule has 8 heteroatoms. The molecule has 2 aromatic rings. The maximum absolute atomic E-state index is 11.1. The minimum absolute atomic E-state index is 0.0469. The second-order valence-electron chi connectivity index (χ2n) is 5.79. The van der Waals surface area contributed by atoms with Gasteiger partial charge in [0.1, 0.15) is 0 Å². The smallest absolute Gasteiger partial charge is 0.338 e. The summed E-state index contributed by atoms with van der Waals surface area (Å²) in [5, 5.41) is 26.7. The summed E-state index contributed by atoms with van der Waals surface area (Å²) >= 11 is 0. The second-order valence-corrected chi connectivity index (χ2v) is 5.79. The van der Waals surface area contributed by atoms with E-state index in [4.69, 9.17) is 15.3 Å². The first-order valence-electron chi connectivity index (χ1n) is 8.71. The number of aryl methyl sites for hydroxylation is 1. The van der Waals surface area contributed by atoms with E-state index in [0.29, 0.717) is 18.4 Å². The quantitative estimate of drug-likeness (QED) is 0.625. The standard InChI is InChI=1S/C12H14O4.C9H8O4/c1-3-7-5-6-9(11(13)14)10(12(15)16)8(7)4-2;1-13-9(12)7-5-3-2-4-6(7)8(10)11/h5-6H,3-4H2,1-2H3,(H,13,14)(H,15,16);2-5H,1H3,(H,10,11). The van der Waals surface area contributed by atoms with Gasteiger partial charge in [0.25, 0.3) is 0 Å². The Morgan fingerprint density at radius 2 is 1.31 bits per heavy atom. The molecule has 0 unspecified atom stereocenters. The van der Waals surface area contributed by atoms with E-state index in [0.717, 1.165) is 5.56 Å². The minimum Gasteiger partial charge on any atom is -0.478 e. The van der Waals surface area contributed by atoms with Crippen molar-refractivity contribution in [2.45, 2.75) is 26.7 Å². The summed E-state index contributed by atoms with van der Waals surface area (Å²) in [5.41, 5.74) is 1.32. The maximum Gasteiger partial charge on any atom is 0.338 e. The normalized spacial score (nSPS) is 9.76. The fourth-order valence-corrected chi connectivity index (χ4v) is 2.81. The number of benzene rings is 2. The van der Waals surface area contributed by atoms with Crippen LogP contribution in [0.2, 0.25) is 0 Å². The lowest BCUT2D eigenvalue weighted by molar-refractivity contribution is 0.0582. The first-order valence-corrected chi connectivity index (χ1v) is 8.71. The van der Waals surface area contributed by atoms with Crippen LogP contribution in [0.4, 0.5) is 0 Å². The van der Waals surface area contributed by atoms with E-state index in [-0.39, 0.29) is 22.3 Å². The van der Waals surface area contributed by atoms with Gasteiger partial charge in [-0.3, -0.25) is 0 Å². The molecule has 0 aliphatic carbocycles. The van der Waals surface area contributed by atoms with Crippen LogP contribution in [0, 0.1) is 0 Å². The van der Waals surface area contributed by atoms with E-state index in [2.05, 4.69) is 4.74 Å². The largest absolute Gasteiger partial charge is 0.478 e. The van der Waals surface area contributed by atoms with Gasteiger partial charge in [-0.2, -0.15) is 0 Å². The van der Waals surface area contributed by atoms with Crippen LogP contribution in [-0.4, -0.2) is 46.3 Å². The number of carbonyl (C=O) groups excluding carboxylic acids is 1. The lowest BCUT2D eigenvalue weighted by Crippen LogP contribution is -2.13. The molecule has 0 saturated heterocycles. The summed E-state index contributed by atoms with van der Waals surface area (Å²) in [7, 11) is 1.21. The number of ether oxygens (including phenoxy) is 1. The second kappa shape index (κ2) is 10.6. The zero-order chi connectivity index (χ0) is 22.1. The van der Waals surface area contributed by atoms with Crippen molar-refractivity contribution >= 4 is 23.9 Å². The third-order valence-corrected chi connectivity index (χ3v) is 4.15. The molecule has 2 rings (SSSR count). The highest BCUT2D eigenvalue weighted by atomic mass is 16.5. The molecule has 0 bridgehead atoms. The summed E-state index contributed by atoms with van der Waals surface area (Å²) in [6.07, 6.45) is 1.22. The molecule has 0 amide bonds. The van der Waals surface area contributed by atoms with Gasteiger partial charge in [0.05, 0.1) is 29.4 Å². The average molecular weight is 402 g/mol. The van der Waals surface area contributed by atoms with Crippen molar-refractivity contribution in [1.82, 2.24) is 0 Å². The fraction of sp³-hybridized carbons (Fsp3) is 0.238. The Labute approximate surface area is 167 Å². The van der Waals surface area contributed by atoms with Crippen LogP contribution in [-0.2, 0) is 17.6 Å². The molecule has 0 fully saturated rings. The van der Waals surface area contributed by atoms with Crippen LogP contribution in [0.5, 0.6) is 0 Å². The van der Waals surface area contributed by atoms with E-state index in [1.165, 1.54) is 25.3 Å². The molecular formula is C21H22O8. The van der Waals surface area contributed by atoms with Crippen molar-refractivity contribution in [3.05, 3.63) is 69.8 Å². The van der Waals surface area contributed by atoms with Crippen LogP contribution < -0.4 is 0 Å². The van der Waals surface area contributed by atoms with Crippen molar-refractivity contribution in [1.29, 1.82) is 0 Å². The van der Waals surface area contributed by atoms with Gasteiger partial charge in [0.2, 0.25) is 0 Å². The molecule has 0 aliphatic heterocycles. The van der Waals surface area contributed by atoms with Gasteiger partial charge < -0.3 is 20.1 Å². The Morgan fingerprint density at radius 3 is 1.72 bits per heavy atom. The van der Waals surface area contributed by atoms with Crippen LogP contribution in [0.25, 0.3) is 0 Å². The molecular weight excluding hydrogens is 380 g/mol. The van der Waals surface area contributed by atoms with Crippen LogP contribution in [0.3, 0.4) is 0 Å². The Kier molecular flexibility index (Phi) is 8.54. The van der Waals surface area contributed by atoms with Crippen molar-refractivity contribution in [3.63, 3.8) is 0 Å². The molecule has 8 nitrogen and oxygen atoms in total. The molecule has 154 valence electrons. The van der Waals surface area contributed by atoms with E-state index < -0.39 is 23.9 Å². The zero-order valence-electron chi connectivity index (χ0n) is 16.3. The third-order valence-electron chi connectivity index (χ3n) is 4.15. The Hall–Kier alpha value is -3.68. The molecule has 0 spiro atoms. The predicted molar refractivity (Wildman–Crippen MR) is 104 cm³/mol. The van der Waals surface area contributed by atoms with Crippen molar-refractivity contribution < 1.29 is 39.2 Å². The number of carboxylic acid groups (broad SMARTS) is 3. The molecule has 0 saturated carbocycles. The first kappa shape index (κ1) is 23.4. The molecule has 0 radical (unpaired) electrons. The van der Waals surface area contributed by atoms with Gasteiger partial charge in [-0.1, -0.05) is 32.0 Å². The molecule has 29 heavy (non-hydrogen) atoms. The summed E-state index contributed by atoms with van der Waals surface area (Å²) in [4.78, 5) is 43.7. The number of rotatable bonds is 6. The van der Waals surface area contributed by atoms with Gasteiger partial charge in [-0.05, 0) is 42.2 Å². The molecule has 0 heterocycles. The van der Waals surface area contributed by atoms with Gasteiger partial charge in [-0.15, -0.1) is 0 Å². The SMILES string of the molecule is CCc1ccc(C(=O)O)c(C(=O)O)c1CC.COC(=O)c1ccccc1C(=O)O. The zero-order valence-corrected chi connectivity index (χ0v) is 16.3. The number of carboxylic acids is 3. The third kappa shape index (κ3) is 5.65. The summed E-state index contributed by atoms with van der Waals surface area (Å²) in [6, 6.07) is 8.96. The highest BCUT2D eigenvalue weighted by molar-refractivity contribution is 6.03. The van der Waals surface area contributed by atoms with Crippen molar-refractivity contribution in [3.8, 4) is 0 Å². The van der Waals surface area contributed by atoms with E-state index >= 15 is 0 Å². The molecule has 2 aromatic carbocycles. The highest BCUT2D eigenvalue weighted by Crippen LogP contribution is 2.21. The molecule has 0 aliphatic rings. The predicted octanol–water partition coefficient (Wildman–Crippen LogP) is 3.38. The molecule has 0 aromatic heterocycles. The monoisotopic (exact) mass is 402 g/mol. The minimum atomic E-state index is -1.20. The fourth-order valence-electron chi connectivity index (χ4n) is 2.81. The number of esters is 1. The van der Waals surface area contributed by atoms with Crippen molar-refractivity contribution in [2.75, 3.05) is 7.11 Å². The summed E-state index contributed by atoms with van der Waals surface area (Å²) < 4.78 is 4.42. The number of carbonyl (C=O) groups is 4. The number of hydrogen-bond donors (Lipinski definition) is 3.